The molecule has 1 rings (SSSR count). The predicted molar refractivity (Wildman–Crippen MR) is 78.6 cm³/mol. The average molecular weight is 279 g/mol. The quantitative estimate of drug-likeness (QED) is 0.730. The van der Waals surface area contributed by atoms with Gasteiger partial charge in [-0.2, -0.15) is 0 Å². The van der Waals surface area contributed by atoms with Gasteiger partial charge in [-0.1, -0.05) is 6.07 Å². The predicted octanol–water partition coefficient (Wildman–Crippen LogP) is 1.26. The lowest BCUT2D eigenvalue weighted by Crippen LogP contribution is -2.28. The van der Waals surface area contributed by atoms with E-state index in [1.807, 2.05) is 13.0 Å². The summed E-state index contributed by atoms with van der Waals surface area (Å²) < 4.78 is 5.06. The van der Waals surface area contributed by atoms with E-state index >= 15 is 0 Å². The molecule has 2 amide bonds. The van der Waals surface area contributed by atoms with Crippen molar-refractivity contribution in [3.05, 3.63) is 23.8 Å². The number of carbonyl (C=O) groups is 2. The molecule has 0 aliphatic heterocycles. The molecule has 1 unspecified atom stereocenters. The molecule has 0 aliphatic carbocycles. The van der Waals surface area contributed by atoms with E-state index < -0.39 is 0 Å². The number of methoxy groups -OCH3 is 1. The van der Waals surface area contributed by atoms with Crippen LogP contribution in [0.5, 0.6) is 0 Å². The summed E-state index contributed by atoms with van der Waals surface area (Å²) in [6.07, 6.45) is -0.105. The van der Waals surface area contributed by atoms with Gasteiger partial charge in [0.1, 0.15) is 0 Å². The van der Waals surface area contributed by atoms with Crippen molar-refractivity contribution in [2.24, 2.45) is 5.73 Å². The number of ether oxygens (including phenoxy) is 1. The summed E-state index contributed by atoms with van der Waals surface area (Å²) in [5.74, 6) is -0.334. The minimum Gasteiger partial charge on any atom is -0.380 e. The number of benzene rings is 1. The Morgan fingerprint density at radius 3 is 2.60 bits per heavy atom. The van der Waals surface area contributed by atoms with Crippen LogP contribution >= 0.6 is 0 Å². The third-order valence-electron chi connectivity index (χ3n) is 2.84. The Labute approximate surface area is 118 Å². The number of nitrogens with one attached hydrogen (secondary N) is 2. The minimum absolute atomic E-state index is 0.154. The van der Waals surface area contributed by atoms with Gasteiger partial charge in [0.05, 0.1) is 12.5 Å². The van der Waals surface area contributed by atoms with Crippen LogP contribution in [-0.2, 0) is 14.3 Å². The number of nitrogens with two attached hydrogens (primary N) is 1. The molecule has 0 spiro atoms. The molecule has 0 bridgehead atoms. The van der Waals surface area contributed by atoms with Gasteiger partial charge in [0.15, 0.2) is 0 Å². The Morgan fingerprint density at radius 2 is 2.05 bits per heavy atom. The number of rotatable bonds is 6. The fourth-order valence-electron chi connectivity index (χ4n) is 1.71. The van der Waals surface area contributed by atoms with Crippen molar-refractivity contribution in [1.29, 1.82) is 0 Å². The normalized spacial score (nSPS) is 11.8. The van der Waals surface area contributed by atoms with Crippen LogP contribution in [0, 0.1) is 6.92 Å². The van der Waals surface area contributed by atoms with Crippen LogP contribution in [0.3, 0.4) is 0 Å². The molecule has 110 valence electrons. The summed E-state index contributed by atoms with van der Waals surface area (Å²) in [5, 5.41) is 5.47. The maximum atomic E-state index is 11.8. The third-order valence-corrected chi connectivity index (χ3v) is 2.84. The number of hydrogen-bond acceptors (Lipinski definition) is 4. The van der Waals surface area contributed by atoms with E-state index in [0.29, 0.717) is 11.4 Å². The molecule has 0 radical (unpaired) electrons. The van der Waals surface area contributed by atoms with Gasteiger partial charge >= 0.3 is 0 Å². The lowest BCUT2D eigenvalue weighted by Gasteiger charge is -2.14. The van der Waals surface area contributed by atoms with Gasteiger partial charge < -0.3 is 21.1 Å². The minimum atomic E-state index is -0.296. The molecule has 1 atom stereocenters. The Morgan fingerprint density at radius 1 is 1.35 bits per heavy atom. The maximum Gasteiger partial charge on any atom is 0.227 e. The van der Waals surface area contributed by atoms with E-state index in [-0.39, 0.29) is 30.9 Å². The summed E-state index contributed by atoms with van der Waals surface area (Å²) in [6, 6.07) is 5.33. The molecule has 20 heavy (non-hydrogen) atoms. The molecule has 0 aromatic heterocycles. The fraction of sp³-hybridized carbons (Fsp3) is 0.429. The van der Waals surface area contributed by atoms with E-state index in [1.54, 1.807) is 12.1 Å². The topological polar surface area (TPSA) is 93.4 Å². The highest BCUT2D eigenvalue weighted by atomic mass is 16.5. The van der Waals surface area contributed by atoms with E-state index in [9.17, 15) is 9.59 Å². The first kappa shape index (κ1) is 16.1. The summed E-state index contributed by atoms with van der Waals surface area (Å²) in [4.78, 5) is 22.9. The van der Waals surface area contributed by atoms with E-state index in [1.165, 1.54) is 14.0 Å². The third kappa shape index (κ3) is 4.99. The Bertz CT molecular complexity index is 485. The van der Waals surface area contributed by atoms with E-state index in [4.69, 9.17) is 10.5 Å². The first-order valence-corrected chi connectivity index (χ1v) is 6.37. The van der Waals surface area contributed by atoms with Crippen LogP contribution in [0.1, 0.15) is 18.9 Å². The van der Waals surface area contributed by atoms with Crippen LogP contribution in [0.4, 0.5) is 11.4 Å². The van der Waals surface area contributed by atoms with Crippen molar-refractivity contribution >= 4 is 23.2 Å². The van der Waals surface area contributed by atoms with Crippen LogP contribution in [-0.4, -0.2) is 31.6 Å². The first-order valence-electron chi connectivity index (χ1n) is 6.37. The first-order chi connectivity index (χ1) is 9.46. The van der Waals surface area contributed by atoms with Crippen molar-refractivity contribution in [3.63, 3.8) is 0 Å². The number of hydrogen-bond donors (Lipinski definition) is 3. The second kappa shape index (κ2) is 7.62. The highest BCUT2D eigenvalue weighted by molar-refractivity contribution is 5.94. The van der Waals surface area contributed by atoms with Gasteiger partial charge in [0.25, 0.3) is 0 Å². The standard InChI is InChI=1S/C14H21N3O3/c1-9-4-5-11(6-13(9)16-10(2)18)17-14(19)7-12(8-15)20-3/h4-6,12H,7-8,15H2,1-3H3,(H,16,18)(H,17,19). The molecule has 1 aromatic carbocycles. The smallest absolute Gasteiger partial charge is 0.227 e. The average Bonchev–Trinajstić information content (AvgIpc) is 2.39. The Kier molecular flexibility index (Phi) is 6.14. The van der Waals surface area contributed by atoms with Gasteiger partial charge in [-0.05, 0) is 24.6 Å². The molecule has 6 nitrogen and oxygen atoms in total. The van der Waals surface area contributed by atoms with Crippen molar-refractivity contribution in [2.75, 3.05) is 24.3 Å². The molecular formula is C14H21N3O3. The van der Waals surface area contributed by atoms with Gasteiger partial charge in [-0.25, -0.2) is 0 Å². The van der Waals surface area contributed by atoms with Gasteiger partial charge in [0.2, 0.25) is 11.8 Å². The summed E-state index contributed by atoms with van der Waals surface area (Å²) in [7, 11) is 1.52. The van der Waals surface area contributed by atoms with Crippen LogP contribution < -0.4 is 16.4 Å². The van der Waals surface area contributed by atoms with Gasteiger partial charge in [-0.3, -0.25) is 9.59 Å². The van der Waals surface area contributed by atoms with Gasteiger partial charge in [-0.15, -0.1) is 0 Å². The monoisotopic (exact) mass is 279 g/mol. The molecule has 0 fully saturated rings. The van der Waals surface area contributed by atoms with Crippen LogP contribution in [0.15, 0.2) is 18.2 Å². The number of aryl methyl sites for hydroxylation is 1. The number of carbonyl (C=O) groups excluding carboxylic acids is 2. The zero-order chi connectivity index (χ0) is 15.1. The number of amides is 2. The zero-order valence-corrected chi connectivity index (χ0v) is 12.0. The molecule has 4 N–H and O–H groups in total. The Hall–Kier alpha value is -1.92. The molecule has 0 aliphatic rings. The summed E-state index contributed by atoms with van der Waals surface area (Å²) >= 11 is 0. The van der Waals surface area contributed by atoms with E-state index in [2.05, 4.69) is 10.6 Å². The largest absolute Gasteiger partial charge is 0.380 e. The molecule has 6 heteroatoms. The molecular weight excluding hydrogens is 258 g/mol. The SMILES string of the molecule is COC(CN)CC(=O)Nc1ccc(C)c(NC(C)=O)c1. The maximum absolute atomic E-state index is 11.8. The lowest BCUT2D eigenvalue weighted by atomic mass is 10.1. The number of anilines is 2. The second-order valence-corrected chi connectivity index (χ2v) is 4.56. The molecule has 0 saturated carbocycles. The van der Waals surface area contributed by atoms with Gasteiger partial charge in [0, 0.05) is 32.0 Å². The van der Waals surface area contributed by atoms with Crippen molar-refractivity contribution < 1.29 is 14.3 Å². The summed E-state index contributed by atoms with van der Waals surface area (Å²) in [6.45, 7) is 3.61. The van der Waals surface area contributed by atoms with Crippen molar-refractivity contribution in [2.45, 2.75) is 26.4 Å². The van der Waals surface area contributed by atoms with Crippen molar-refractivity contribution in [3.8, 4) is 0 Å². The zero-order valence-electron chi connectivity index (χ0n) is 12.0. The summed E-state index contributed by atoms with van der Waals surface area (Å²) in [5.41, 5.74) is 7.70. The Balaban J connectivity index is 2.72. The second-order valence-electron chi connectivity index (χ2n) is 4.56. The van der Waals surface area contributed by atoms with Crippen LogP contribution in [0.25, 0.3) is 0 Å². The highest BCUT2D eigenvalue weighted by Crippen LogP contribution is 2.20. The van der Waals surface area contributed by atoms with E-state index in [0.717, 1.165) is 5.56 Å². The highest BCUT2D eigenvalue weighted by Gasteiger charge is 2.12. The molecule has 1 aromatic rings. The van der Waals surface area contributed by atoms with Crippen LogP contribution in [0.2, 0.25) is 0 Å². The molecule has 0 heterocycles. The molecule has 0 saturated heterocycles. The van der Waals surface area contributed by atoms with Crippen molar-refractivity contribution in [1.82, 2.24) is 0 Å². The lowest BCUT2D eigenvalue weighted by molar-refractivity contribution is -0.118. The fourth-order valence-corrected chi connectivity index (χ4v) is 1.71.